The third-order valence-electron chi connectivity index (χ3n) is 3.30. The number of hydrogen-bond donors (Lipinski definition) is 2. The van der Waals surface area contributed by atoms with Crippen LogP contribution >= 0.6 is 0 Å². The molecule has 1 saturated heterocycles. The number of aryl methyl sites for hydroxylation is 1. The second-order valence-corrected chi connectivity index (χ2v) is 5.14. The Morgan fingerprint density at radius 1 is 1.47 bits per heavy atom. The van der Waals surface area contributed by atoms with Gasteiger partial charge < -0.3 is 15.4 Å². The Balaban J connectivity index is 1.73. The number of ether oxygens (including phenoxy) is 1. The van der Waals surface area contributed by atoms with Crippen molar-refractivity contribution in [3.63, 3.8) is 0 Å². The van der Waals surface area contributed by atoms with Crippen LogP contribution in [0.5, 0.6) is 5.75 Å². The average Bonchev–Trinajstić information content (AvgIpc) is 2.93. The highest BCUT2D eigenvalue weighted by atomic mass is 16.5. The monoisotopic (exact) mass is 262 g/mol. The van der Waals surface area contributed by atoms with E-state index in [9.17, 15) is 4.79 Å². The molecule has 1 heterocycles. The first-order valence-electron chi connectivity index (χ1n) is 6.89. The summed E-state index contributed by atoms with van der Waals surface area (Å²) in [5.41, 5.74) is 1.21. The maximum Gasteiger partial charge on any atom is 0.237 e. The summed E-state index contributed by atoms with van der Waals surface area (Å²) < 4.78 is 5.75. The summed E-state index contributed by atoms with van der Waals surface area (Å²) in [7, 11) is 0. The van der Waals surface area contributed by atoms with Gasteiger partial charge in [-0.3, -0.25) is 4.79 Å². The Bertz CT molecular complexity index is 411. The van der Waals surface area contributed by atoms with Gasteiger partial charge in [-0.25, -0.2) is 0 Å². The Morgan fingerprint density at radius 2 is 2.21 bits per heavy atom. The number of hydrogen-bond acceptors (Lipinski definition) is 3. The minimum absolute atomic E-state index is 0.0217. The topological polar surface area (TPSA) is 50.4 Å². The van der Waals surface area contributed by atoms with Gasteiger partial charge in [0.25, 0.3) is 0 Å². The van der Waals surface area contributed by atoms with Crippen molar-refractivity contribution in [2.45, 2.75) is 38.8 Å². The zero-order chi connectivity index (χ0) is 13.7. The lowest BCUT2D eigenvalue weighted by atomic mass is 10.2. The van der Waals surface area contributed by atoms with Crippen molar-refractivity contribution in [2.24, 2.45) is 0 Å². The molecule has 1 aliphatic rings. The van der Waals surface area contributed by atoms with Crippen LogP contribution in [0.25, 0.3) is 0 Å². The molecule has 1 fully saturated rings. The molecule has 1 amide bonds. The van der Waals surface area contributed by atoms with Gasteiger partial charge in [0.05, 0.1) is 12.6 Å². The maximum absolute atomic E-state index is 11.8. The van der Waals surface area contributed by atoms with Gasteiger partial charge in [-0.15, -0.1) is 0 Å². The van der Waals surface area contributed by atoms with E-state index in [1.54, 1.807) is 0 Å². The molecule has 4 nitrogen and oxygen atoms in total. The van der Waals surface area contributed by atoms with Gasteiger partial charge in [-0.05, 0) is 45.4 Å². The molecule has 2 atom stereocenters. The number of carbonyl (C=O) groups excluding carboxylic acids is 1. The zero-order valence-electron chi connectivity index (χ0n) is 11.6. The molecule has 2 rings (SSSR count). The van der Waals surface area contributed by atoms with Crippen LogP contribution in [0.2, 0.25) is 0 Å². The third-order valence-corrected chi connectivity index (χ3v) is 3.30. The first-order valence-corrected chi connectivity index (χ1v) is 6.89. The number of nitrogens with one attached hydrogen (secondary N) is 2. The average molecular weight is 262 g/mol. The van der Waals surface area contributed by atoms with Gasteiger partial charge in [-0.1, -0.05) is 17.7 Å². The van der Waals surface area contributed by atoms with Crippen LogP contribution in [-0.2, 0) is 4.79 Å². The fourth-order valence-corrected chi connectivity index (χ4v) is 2.17. The molecule has 104 valence electrons. The molecule has 1 aliphatic heterocycles. The van der Waals surface area contributed by atoms with E-state index >= 15 is 0 Å². The van der Waals surface area contributed by atoms with Crippen LogP contribution in [0, 0.1) is 6.92 Å². The summed E-state index contributed by atoms with van der Waals surface area (Å²) in [6.07, 6.45) is 1.97. The van der Waals surface area contributed by atoms with E-state index in [4.69, 9.17) is 4.74 Å². The van der Waals surface area contributed by atoms with E-state index in [0.717, 1.165) is 25.1 Å². The van der Waals surface area contributed by atoms with Gasteiger partial charge in [0, 0.05) is 0 Å². The van der Waals surface area contributed by atoms with Gasteiger partial charge in [0.15, 0.2) is 0 Å². The highest BCUT2D eigenvalue weighted by Crippen LogP contribution is 2.13. The minimum Gasteiger partial charge on any atom is -0.489 e. The number of rotatable bonds is 5. The Morgan fingerprint density at radius 3 is 2.84 bits per heavy atom. The fourth-order valence-electron chi connectivity index (χ4n) is 2.17. The quantitative estimate of drug-likeness (QED) is 0.848. The van der Waals surface area contributed by atoms with Gasteiger partial charge in [-0.2, -0.15) is 0 Å². The van der Waals surface area contributed by atoms with Crippen LogP contribution in [0.3, 0.4) is 0 Å². The van der Waals surface area contributed by atoms with E-state index in [2.05, 4.69) is 10.6 Å². The maximum atomic E-state index is 11.8. The van der Waals surface area contributed by atoms with Crippen molar-refractivity contribution in [1.82, 2.24) is 10.6 Å². The van der Waals surface area contributed by atoms with E-state index in [0.29, 0.717) is 6.54 Å². The van der Waals surface area contributed by atoms with E-state index in [1.807, 2.05) is 38.1 Å². The summed E-state index contributed by atoms with van der Waals surface area (Å²) in [6, 6.07) is 7.91. The number of benzene rings is 1. The summed E-state index contributed by atoms with van der Waals surface area (Å²) in [6.45, 7) is 5.47. The minimum atomic E-state index is -0.0342. The molecule has 1 aromatic carbocycles. The van der Waals surface area contributed by atoms with Crippen LogP contribution < -0.4 is 15.4 Å². The molecular formula is C15H22N2O2. The predicted molar refractivity (Wildman–Crippen MR) is 75.3 cm³/mol. The Hall–Kier alpha value is -1.55. The van der Waals surface area contributed by atoms with Crippen molar-refractivity contribution < 1.29 is 9.53 Å². The lowest BCUT2D eigenvalue weighted by Gasteiger charge is -2.17. The molecule has 0 saturated carbocycles. The van der Waals surface area contributed by atoms with Crippen molar-refractivity contribution in [1.29, 1.82) is 0 Å². The van der Waals surface area contributed by atoms with E-state index < -0.39 is 0 Å². The highest BCUT2D eigenvalue weighted by molar-refractivity contribution is 5.82. The Labute approximate surface area is 114 Å². The molecule has 0 bridgehead atoms. The van der Waals surface area contributed by atoms with Crippen LogP contribution in [-0.4, -0.2) is 31.1 Å². The standard InChI is InChI=1S/C15H22N2O2/c1-11-5-7-13(8-6-11)19-12(2)10-17-15(18)14-4-3-9-16-14/h5-8,12,14,16H,3-4,9-10H2,1-2H3,(H,17,18). The van der Waals surface area contributed by atoms with Gasteiger partial charge in [0.2, 0.25) is 5.91 Å². The second kappa shape index (κ2) is 6.57. The van der Waals surface area contributed by atoms with Crippen LogP contribution in [0.1, 0.15) is 25.3 Å². The molecule has 0 aromatic heterocycles. The molecule has 0 spiro atoms. The third kappa shape index (κ3) is 4.24. The normalized spacial score (nSPS) is 20.0. The van der Waals surface area contributed by atoms with Crippen LogP contribution in [0.4, 0.5) is 0 Å². The molecular weight excluding hydrogens is 240 g/mol. The van der Waals surface area contributed by atoms with Crippen molar-refractivity contribution in [3.05, 3.63) is 29.8 Å². The summed E-state index contributed by atoms with van der Waals surface area (Å²) >= 11 is 0. The summed E-state index contributed by atoms with van der Waals surface area (Å²) in [5.74, 6) is 0.920. The molecule has 0 radical (unpaired) electrons. The lowest BCUT2D eigenvalue weighted by Crippen LogP contribution is -2.43. The van der Waals surface area contributed by atoms with Gasteiger partial charge in [0.1, 0.15) is 11.9 Å². The summed E-state index contributed by atoms with van der Waals surface area (Å²) in [4.78, 5) is 11.8. The van der Waals surface area contributed by atoms with E-state index in [1.165, 1.54) is 5.56 Å². The predicted octanol–water partition coefficient (Wildman–Crippen LogP) is 1.63. The Kier molecular flexibility index (Phi) is 4.80. The SMILES string of the molecule is Cc1ccc(OC(C)CNC(=O)C2CCCN2)cc1. The molecule has 1 aromatic rings. The molecule has 4 heteroatoms. The van der Waals surface area contributed by atoms with Crippen molar-refractivity contribution >= 4 is 5.91 Å². The number of carbonyl (C=O) groups is 1. The number of amides is 1. The molecule has 19 heavy (non-hydrogen) atoms. The molecule has 2 N–H and O–H groups in total. The lowest BCUT2D eigenvalue weighted by molar-refractivity contribution is -0.123. The second-order valence-electron chi connectivity index (χ2n) is 5.14. The zero-order valence-corrected chi connectivity index (χ0v) is 11.6. The smallest absolute Gasteiger partial charge is 0.237 e. The molecule has 2 unspecified atom stereocenters. The van der Waals surface area contributed by atoms with Crippen LogP contribution in [0.15, 0.2) is 24.3 Å². The molecule has 0 aliphatic carbocycles. The van der Waals surface area contributed by atoms with Crippen molar-refractivity contribution in [3.8, 4) is 5.75 Å². The fraction of sp³-hybridized carbons (Fsp3) is 0.533. The van der Waals surface area contributed by atoms with Gasteiger partial charge >= 0.3 is 0 Å². The largest absolute Gasteiger partial charge is 0.489 e. The highest BCUT2D eigenvalue weighted by Gasteiger charge is 2.21. The van der Waals surface area contributed by atoms with E-state index in [-0.39, 0.29) is 18.1 Å². The summed E-state index contributed by atoms with van der Waals surface area (Å²) in [5, 5.41) is 6.11. The first kappa shape index (κ1) is 13.9. The first-order chi connectivity index (χ1) is 9.15. The van der Waals surface area contributed by atoms with Crippen molar-refractivity contribution in [2.75, 3.05) is 13.1 Å².